The molecule has 0 spiro atoms. The van der Waals surface area contributed by atoms with E-state index in [-0.39, 0.29) is 30.1 Å². The molecular formula is C33H33F3N6O4. The van der Waals surface area contributed by atoms with Crippen LogP contribution in [0, 0.1) is 26.2 Å². The van der Waals surface area contributed by atoms with Gasteiger partial charge in [-0.3, -0.25) is 14.4 Å². The number of aromatic nitrogens is 4. The highest BCUT2D eigenvalue weighted by molar-refractivity contribution is 6.09. The van der Waals surface area contributed by atoms with Crippen molar-refractivity contribution in [3.63, 3.8) is 0 Å². The average Bonchev–Trinajstić information content (AvgIpc) is 3.38. The van der Waals surface area contributed by atoms with E-state index in [1.807, 2.05) is 19.1 Å². The van der Waals surface area contributed by atoms with E-state index in [0.717, 1.165) is 22.8 Å². The van der Waals surface area contributed by atoms with Gasteiger partial charge in [-0.05, 0) is 75.4 Å². The van der Waals surface area contributed by atoms with Crippen molar-refractivity contribution in [1.82, 2.24) is 24.4 Å². The second-order valence-electron chi connectivity index (χ2n) is 12.3. The molecule has 0 radical (unpaired) electrons. The molecule has 4 aromatic rings. The van der Waals surface area contributed by atoms with Crippen LogP contribution in [0.5, 0.6) is 0 Å². The predicted octanol–water partition coefficient (Wildman–Crippen LogP) is 5.28. The summed E-state index contributed by atoms with van der Waals surface area (Å²) < 4.78 is 47.2. The van der Waals surface area contributed by atoms with Gasteiger partial charge in [0, 0.05) is 53.7 Å². The summed E-state index contributed by atoms with van der Waals surface area (Å²) in [4.78, 5) is 54.2. The number of rotatable bonds is 8. The molecule has 1 aliphatic carbocycles. The quantitative estimate of drug-likeness (QED) is 0.262. The molecule has 1 saturated carbocycles. The number of anilines is 1. The van der Waals surface area contributed by atoms with E-state index in [2.05, 4.69) is 20.3 Å². The van der Waals surface area contributed by atoms with Crippen molar-refractivity contribution in [2.24, 2.45) is 5.41 Å². The summed E-state index contributed by atoms with van der Waals surface area (Å²) in [5.41, 5.74) is 2.41. The molecule has 4 heterocycles. The normalized spacial score (nSPS) is 20.6. The number of nitrogens with zero attached hydrogens (tertiary/aromatic N) is 5. The molecule has 46 heavy (non-hydrogen) atoms. The van der Waals surface area contributed by atoms with Crippen molar-refractivity contribution in [1.29, 1.82) is 0 Å². The molecular weight excluding hydrogens is 601 g/mol. The van der Waals surface area contributed by atoms with Crippen LogP contribution >= 0.6 is 0 Å². The summed E-state index contributed by atoms with van der Waals surface area (Å²) in [6.07, 6.45) is 1.35. The SMILES string of the molecule is COC[C@]12CC1N(C(=O)Cn1cc(C(C)=O)c3cc(-c4cnc(C)nc4)cc(C)c31)[C@H](C(=O)Nc1nc(C(F)(F)F)ccc1C)C2. The average molecular weight is 635 g/mol. The third kappa shape index (κ3) is 5.52. The largest absolute Gasteiger partial charge is 0.433 e. The van der Waals surface area contributed by atoms with Gasteiger partial charge in [0.15, 0.2) is 5.78 Å². The lowest BCUT2D eigenvalue weighted by Gasteiger charge is -2.27. The number of Topliss-reactive ketones (excluding diaryl/α,β-unsaturated/α-hetero) is 1. The van der Waals surface area contributed by atoms with Crippen molar-refractivity contribution >= 4 is 34.3 Å². The summed E-state index contributed by atoms with van der Waals surface area (Å²) in [7, 11) is 1.55. The van der Waals surface area contributed by atoms with Crippen LogP contribution in [0.4, 0.5) is 19.0 Å². The Hall–Kier alpha value is -4.65. The van der Waals surface area contributed by atoms with Crippen LogP contribution in [-0.4, -0.2) is 67.8 Å². The first kappa shape index (κ1) is 31.3. The lowest BCUT2D eigenvalue weighted by Crippen LogP contribution is -2.46. The Bertz CT molecular complexity index is 1890. The fourth-order valence-electron chi connectivity index (χ4n) is 6.72. The van der Waals surface area contributed by atoms with E-state index in [4.69, 9.17) is 4.74 Å². The van der Waals surface area contributed by atoms with Gasteiger partial charge in [0.2, 0.25) is 11.8 Å². The number of benzene rings is 1. The number of ketones is 1. The first-order chi connectivity index (χ1) is 21.7. The third-order valence-corrected chi connectivity index (χ3v) is 9.03. The van der Waals surface area contributed by atoms with Crippen molar-refractivity contribution in [2.75, 3.05) is 19.0 Å². The summed E-state index contributed by atoms with van der Waals surface area (Å²) in [5, 5.41) is 3.23. The number of nitrogens with one attached hydrogen (secondary N) is 1. The topological polar surface area (TPSA) is 119 Å². The molecule has 13 heteroatoms. The van der Waals surface area contributed by atoms with Gasteiger partial charge in [-0.2, -0.15) is 13.2 Å². The second kappa shape index (κ2) is 11.3. The minimum Gasteiger partial charge on any atom is -0.384 e. The van der Waals surface area contributed by atoms with Crippen LogP contribution in [0.15, 0.2) is 42.9 Å². The molecule has 1 aliphatic heterocycles. The second-order valence-corrected chi connectivity index (χ2v) is 12.3. The standard InChI is InChI=1S/C33H33F3N6O4/c1-17-6-7-26(33(34,35)36)39-30(17)40-31(45)25-10-32(16-46-5)11-27(32)42(25)28(44)15-41-14-24(19(3)43)23-9-21(8-18(2)29(23)41)22-12-37-20(4)38-13-22/h6-9,12-14,25,27H,10-11,15-16H2,1-5H3,(H,39,40,45)/t25-,27?,32-/m0/s1. The van der Waals surface area contributed by atoms with E-state index >= 15 is 0 Å². The summed E-state index contributed by atoms with van der Waals surface area (Å²) >= 11 is 0. The maximum Gasteiger partial charge on any atom is 0.433 e. The van der Waals surface area contributed by atoms with Crippen molar-refractivity contribution in [3.05, 3.63) is 71.1 Å². The lowest BCUT2D eigenvalue weighted by atomic mass is 10.00. The number of carbonyl (C=O) groups is 3. The number of aryl methyl sites for hydroxylation is 3. The summed E-state index contributed by atoms with van der Waals surface area (Å²) in [6, 6.07) is 4.72. The van der Waals surface area contributed by atoms with Gasteiger partial charge in [0.25, 0.3) is 0 Å². The number of pyridine rings is 1. The first-order valence-corrected chi connectivity index (χ1v) is 14.8. The fourth-order valence-corrected chi connectivity index (χ4v) is 6.72. The Kier molecular flexibility index (Phi) is 7.70. The third-order valence-electron chi connectivity index (χ3n) is 9.03. The van der Waals surface area contributed by atoms with Gasteiger partial charge in [-0.15, -0.1) is 0 Å². The van der Waals surface area contributed by atoms with Gasteiger partial charge >= 0.3 is 6.18 Å². The number of amides is 2. The van der Waals surface area contributed by atoms with Crippen LogP contribution in [0.25, 0.3) is 22.0 Å². The number of methoxy groups -OCH3 is 1. The van der Waals surface area contributed by atoms with Crippen molar-refractivity contribution < 1.29 is 32.3 Å². The highest BCUT2D eigenvalue weighted by Gasteiger charge is 2.67. The number of carbonyl (C=O) groups excluding carboxylic acids is 3. The number of piperidine rings is 1. The van der Waals surface area contributed by atoms with Gasteiger partial charge in [-0.1, -0.05) is 6.07 Å². The van der Waals surface area contributed by atoms with Crippen LogP contribution in [0.3, 0.4) is 0 Å². The van der Waals surface area contributed by atoms with Crippen LogP contribution in [0.1, 0.15) is 52.8 Å². The van der Waals surface area contributed by atoms with Gasteiger partial charge in [-0.25, -0.2) is 15.0 Å². The Labute approximate surface area is 263 Å². The minimum absolute atomic E-state index is 0.151. The lowest BCUT2D eigenvalue weighted by molar-refractivity contribution is -0.141. The Morgan fingerprint density at radius 3 is 2.41 bits per heavy atom. The Morgan fingerprint density at radius 1 is 1.04 bits per heavy atom. The van der Waals surface area contributed by atoms with E-state index in [1.54, 1.807) is 44.1 Å². The monoisotopic (exact) mass is 634 g/mol. The molecule has 1 saturated heterocycles. The highest BCUT2D eigenvalue weighted by atomic mass is 19.4. The Balaban J connectivity index is 1.32. The molecule has 240 valence electrons. The molecule has 3 aromatic heterocycles. The van der Waals surface area contributed by atoms with Gasteiger partial charge in [0.1, 0.15) is 29.9 Å². The number of halogens is 3. The maximum absolute atomic E-state index is 14.1. The fraction of sp³-hybridized carbons (Fsp3) is 0.394. The zero-order chi connectivity index (χ0) is 33.1. The number of hydrogen-bond acceptors (Lipinski definition) is 7. The van der Waals surface area contributed by atoms with Gasteiger partial charge < -0.3 is 19.5 Å². The zero-order valence-corrected chi connectivity index (χ0v) is 26.0. The molecule has 2 amide bonds. The number of alkyl halides is 3. The predicted molar refractivity (Wildman–Crippen MR) is 163 cm³/mol. The van der Waals surface area contributed by atoms with E-state index in [1.165, 1.54) is 17.9 Å². The Morgan fingerprint density at radius 2 is 1.76 bits per heavy atom. The van der Waals surface area contributed by atoms with Crippen molar-refractivity contribution in [3.8, 4) is 11.1 Å². The van der Waals surface area contributed by atoms with Crippen LogP contribution in [0.2, 0.25) is 0 Å². The number of ether oxygens (including phenoxy) is 1. The molecule has 0 bridgehead atoms. The number of likely N-dealkylation sites (tertiary alicyclic amines) is 1. The van der Waals surface area contributed by atoms with E-state index in [0.29, 0.717) is 47.3 Å². The van der Waals surface area contributed by atoms with Gasteiger partial charge in [0.05, 0.1) is 12.1 Å². The summed E-state index contributed by atoms with van der Waals surface area (Å²) in [5.74, 6) is -0.709. The number of hydrogen-bond donors (Lipinski definition) is 1. The minimum atomic E-state index is -4.68. The molecule has 2 aliphatic rings. The maximum atomic E-state index is 14.1. The van der Waals surface area contributed by atoms with Crippen LogP contribution < -0.4 is 5.32 Å². The molecule has 1 unspecified atom stereocenters. The molecule has 3 atom stereocenters. The molecule has 1 aromatic carbocycles. The van der Waals surface area contributed by atoms with Crippen molar-refractivity contribution in [2.45, 2.75) is 65.3 Å². The molecule has 10 nitrogen and oxygen atoms in total. The zero-order valence-electron chi connectivity index (χ0n) is 26.0. The van der Waals surface area contributed by atoms with E-state index < -0.39 is 29.2 Å². The first-order valence-electron chi connectivity index (χ1n) is 14.8. The van der Waals surface area contributed by atoms with E-state index in [9.17, 15) is 27.6 Å². The van der Waals surface area contributed by atoms with Crippen LogP contribution in [-0.2, 0) is 27.0 Å². The number of fused-ring (bicyclic) bond motifs is 2. The summed E-state index contributed by atoms with van der Waals surface area (Å²) in [6.45, 7) is 6.88. The molecule has 6 rings (SSSR count). The molecule has 2 fully saturated rings. The smallest absolute Gasteiger partial charge is 0.384 e. The molecule has 1 N–H and O–H groups in total. The highest BCUT2D eigenvalue weighted by Crippen LogP contribution is 2.59.